The molecular weight excluding hydrogens is 494 g/mol. The Morgan fingerprint density at radius 3 is 2.53 bits per heavy atom. The molecule has 2 heterocycles. The highest BCUT2D eigenvalue weighted by Crippen LogP contribution is 2.40. The first kappa shape index (κ1) is 27.1. The van der Waals surface area contributed by atoms with E-state index >= 15 is 0 Å². The maximum Gasteiger partial charge on any atom is 0.333 e. The van der Waals surface area contributed by atoms with Crippen molar-refractivity contribution in [3.63, 3.8) is 0 Å². The number of nitro benzene ring substituents is 1. The summed E-state index contributed by atoms with van der Waals surface area (Å²) in [6.45, 7) is 2.63. The number of hydrogen-bond donors (Lipinski definition) is 2. The van der Waals surface area contributed by atoms with E-state index in [9.17, 15) is 34.4 Å². The van der Waals surface area contributed by atoms with Crippen LogP contribution in [0.4, 0.5) is 5.69 Å². The van der Waals surface area contributed by atoms with Crippen molar-refractivity contribution in [3.8, 4) is 0 Å². The lowest BCUT2D eigenvalue weighted by Gasteiger charge is -2.51. The summed E-state index contributed by atoms with van der Waals surface area (Å²) in [5, 5.41) is 24.1. The summed E-state index contributed by atoms with van der Waals surface area (Å²) in [5.41, 5.74) is 0.739. The fraction of sp³-hybridized carbons (Fsp3) is 0.478. The summed E-state index contributed by atoms with van der Waals surface area (Å²) in [6, 6.07) is 3.52. The number of β-lactam (4-membered cyclic amide) rings is 1. The van der Waals surface area contributed by atoms with Gasteiger partial charge in [0.25, 0.3) is 5.69 Å². The van der Waals surface area contributed by atoms with Crippen molar-refractivity contribution < 1.29 is 38.7 Å². The molecule has 0 spiro atoms. The number of benzene rings is 1. The monoisotopic (exact) mass is 521 g/mol. The molecule has 12 nitrogen and oxygen atoms in total. The van der Waals surface area contributed by atoms with E-state index in [0.717, 1.165) is 0 Å². The normalized spacial score (nSPS) is 21.4. The highest BCUT2D eigenvalue weighted by molar-refractivity contribution is 8.02. The number of non-ortho nitro benzene ring substituents is 1. The number of aliphatic hydroxyl groups excluding tert-OH is 1. The molecule has 0 bridgehead atoms. The number of fused-ring (bicyclic) bond motifs is 1. The van der Waals surface area contributed by atoms with Crippen molar-refractivity contribution in [2.45, 2.75) is 63.3 Å². The van der Waals surface area contributed by atoms with Crippen molar-refractivity contribution in [2.75, 3.05) is 6.61 Å². The number of thioether (sulfide) groups is 1. The molecule has 2 N–H and O–H groups in total. The average molecular weight is 522 g/mol. The van der Waals surface area contributed by atoms with Crippen molar-refractivity contribution in [1.82, 2.24) is 10.2 Å². The van der Waals surface area contributed by atoms with Crippen LogP contribution < -0.4 is 5.32 Å². The zero-order valence-electron chi connectivity index (χ0n) is 19.7. The molecule has 3 unspecified atom stereocenters. The van der Waals surface area contributed by atoms with Gasteiger partial charge in [0.1, 0.15) is 24.6 Å². The lowest BCUT2D eigenvalue weighted by molar-refractivity contribution is -0.384. The van der Waals surface area contributed by atoms with Crippen LogP contribution in [0.1, 0.15) is 38.7 Å². The number of amides is 2. The van der Waals surface area contributed by atoms with E-state index in [2.05, 4.69) is 5.32 Å². The molecule has 1 aromatic rings. The number of hydrogen-bond acceptors (Lipinski definition) is 10. The lowest BCUT2D eigenvalue weighted by atomic mass is 9.98. The largest absolute Gasteiger partial charge is 0.461 e. The van der Waals surface area contributed by atoms with Gasteiger partial charge in [0.05, 0.1) is 11.0 Å². The molecule has 1 saturated heterocycles. The van der Waals surface area contributed by atoms with Gasteiger partial charge in [0, 0.05) is 31.1 Å². The highest BCUT2D eigenvalue weighted by Gasteiger charge is 2.56. The second-order valence-electron chi connectivity index (χ2n) is 8.34. The first-order valence-electron chi connectivity index (χ1n) is 11.3. The van der Waals surface area contributed by atoms with Gasteiger partial charge in [-0.1, -0.05) is 6.92 Å². The van der Waals surface area contributed by atoms with Crippen molar-refractivity contribution in [1.29, 1.82) is 0 Å². The van der Waals surface area contributed by atoms with Gasteiger partial charge in [0.15, 0.2) is 6.04 Å². The molecule has 0 radical (unpaired) electrons. The molecule has 0 saturated carbocycles. The van der Waals surface area contributed by atoms with Crippen molar-refractivity contribution in [2.24, 2.45) is 0 Å². The van der Waals surface area contributed by atoms with Crippen molar-refractivity contribution >= 4 is 41.2 Å². The van der Waals surface area contributed by atoms with Crippen LogP contribution in [0.3, 0.4) is 0 Å². The number of aliphatic hydroxyl groups is 1. The minimum Gasteiger partial charge on any atom is -0.461 e. The lowest BCUT2D eigenvalue weighted by Crippen LogP contribution is -2.74. The van der Waals surface area contributed by atoms with E-state index in [1.54, 1.807) is 12.3 Å². The van der Waals surface area contributed by atoms with Gasteiger partial charge in [-0.05, 0) is 35.9 Å². The Morgan fingerprint density at radius 1 is 1.22 bits per heavy atom. The van der Waals surface area contributed by atoms with Crippen LogP contribution in [-0.2, 0) is 35.3 Å². The highest BCUT2D eigenvalue weighted by atomic mass is 32.2. The van der Waals surface area contributed by atoms with E-state index in [1.807, 2.05) is 0 Å². The molecule has 0 aromatic heterocycles. The molecule has 2 aliphatic rings. The SMILES string of the molecule is CCC(O)CCC(=O)OCC1=CS[C@H]2C(NC(C)=O)C(=O)N2C1C(=O)OCc1ccc([N+](=O)[O-])cc1. The molecule has 13 heteroatoms. The van der Waals surface area contributed by atoms with E-state index < -0.39 is 46.3 Å². The van der Waals surface area contributed by atoms with Crippen LogP contribution >= 0.6 is 11.8 Å². The maximum atomic E-state index is 13.1. The molecule has 194 valence electrons. The fourth-order valence-electron chi connectivity index (χ4n) is 3.71. The molecule has 36 heavy (non-hydrogen) atoms. The van der Waals surface area contributed by atoms with E-state index in [0.29, 0.717) is 17.6 Å². The molecule has 4 atom stereocenters. The third-order valence-corrected chi connectivity index (χ3v) is 6.95. The number of nitrogens with one attached hydrogen (secondary N) is 1. The number of ether oxygens (including phenoxy) is 2. The molecule has 1 aromatic carbocycles. The summed E-state index contributed by atoms with van der Waals surface area (Å²) in [7, 11) is 0. The van der Waals surface area contributed by atoms with Crippen LogP contribution in [0, 0.1) is 10.1 Å². The van der Waals surface area contributed by atoms with E-state index in [-0.39, 0.29) is 37.6 Å². The van der Waals surface area contributed by atoms with Gasteiger partial charge >= 0.3 is 11.9 Å². The molecule has 0 aliphatic carbocycles. The first-order chi connectivity index (χ1) is 17.1. The number of nitro groups is 1. The smallest absolute Gasteiger partial charge is 0.333 e. The third-order valence-electron chi connectivity index (χ3n) is 5.73. The van der Waals surface area contributed by atoms with Crippen LogP contribution in [0.5, 0.6) is 0 Å². The Bertz CT molecular complexity index is 1060. The number of rotatable bonds is 11. The quantitative estimate of drug-likeness (QED) is 0.188. The van der Waals surface area contributed by atoms with Gasteiger partial charge in [-0.2, -0.15) is 0 Å². The average Bonchev–Trinajstić information content (AvgIpc) is 2.87. The molecule has 2 amide bonds. The van der Waals surface area contributed by atoms with Crippen LogP contribution in [-0.4, -0.2) is 68.9 Å². The predicted molar refractivity (Wildman–Crippen MR) is 127 cm³/mol. The second kappa shape index (κ2) is 12.0. The third kappa shape index (κ3) is 6.40. The predicted octanol–water partition coefficient (Wildman–Crippen LogP) is 1.40. The molecular formula is C23H27N3O9S. The molecule has 2 aliphatic heterocycles. The second-order valence-corrected chi connectivity index (χ2v) is 9.33. The number of carbonyl (C=O) groups excluding carboxylic acids is 4. The zero-order chi connectivity index (χ0) is 26.4. The van der Waals surface area contributed by atoms with Gasteiger partial charge in [-0.25, -0.2) is 4.79 Å². The van der Waals surface area contributed by atoms with Crippen LogP contribution in [0.2, 0.25) is 0 Å². The number of carbonyl (C=O) groups is 4. The van der Waals surface area contributed by atoms with Crippen LogP contribution in [0.25, 0.3) is 0 Å². The molecule has 1 fully saturated rings. The Morgan fingerprint density at radius 2 is 1.92 bits per heavy atom. The summed E-state index contributed by atoms with van der Waals surface area (Å²) >= 11 is 1.21. The Hall–Kier alpha value is -3.45. The van der Waals surface area contributed by atoms with Gasteiger partial charge in [0.2, 0.25) is 11.8 Å². The summed E-state index contributed by atoms with van der Waals surface area (Å²) in [4.78, 5) is 61.0. The summed E-state index contributed by atoms with van der Waals surface area (Å²) in [5.74, 6) is -2.18. The molecule has 3 rings (SSSR count). The minimum atomic E-state index is -1.17. The standard InChI is InChI=1S/C23H27N3O9S/c1-3-17(28)8-9-18(29)34-11-15-12-36-22-19(24-13(2)27)21(30)25(22)20(15)23(31)35-10-14-4-6-16(7-5-14)26(32)33/h4-7,12,17,19-20,22,28H,3,8-11H2,1-2H3,(H,24,27)/t17?,19?,20?,22-/m0/s1. The number of esters is 2. The Kier molecular flexibility index (Phi) is 9.04. The van der Waals surface area contributed by atoms with Gasteiger partial charge in [-0.3, -0.25) is 24.5 Å². The Labute approximate surface area is 211 Å². The van der Waals surface area contributed by atoms with Gasteiger partial charge < -0.3 is 24.8 Å². The maximum absolute atomic E-state index is 13.1. The first-order valence-corrected chi connectivity index (χ1v) is 12.2. The van der Waals surface area contributed by atoms with E-state index in [4.69, 9.17) is 9.47 Å². The topological polar surface area (TPSA) is 165 Å². The minimum absolute atomic E-state index is 0.000558. The summed E-state index contributed by atoms with van der Waals surface area (Å²) < 4.78 is 10.7. The van der Waals surface area contributed by atoms with Crippen molar-refractivity contribution in [3.05, 3.63) is 50.9 Å². The van der Waals surface area contributed by atoms with Gasteiger partial charge in [-0.15, -0.1) is 11.8 Å². The zero-order valence-corrected chi connectivity index (χ0v) is 20.6. The number of nitrogens with zero attached hydrogens (tertiary/aromatic N) is 2. The summed E-state index contributed by atoms with van der Waals surface area (Å²) in [6.07, 6.45) is 0.135. The fourth-order valence-corrected chi connectivity index (χ4v) is 4.92. The van der Waals surface area contributed by atoms with E-state index in [1.165, 1.54) is 47.9 Å². The Balaban J connectivity index is 1.70. The van der Waals surface area contributed by atoms with Crippen LogP contribution in [0.15, 0.2) is 35.2 Å².